The molecular weight excluding hydrogens is 210 g/mol. The van der Waals surface area contributed by atoms with Crippen LogP contribution in [0.3, 0.4) is 0 Å². The first-order valence-corrected chi connectivity index (χ1v) is 7.34. The van der Waals surface area contributed by atoms with E-state index < -0.39 is 0 Å². The predicted octanol–water partition coefficient (Wildman–Crippen LogP) is 1.40. The lowest BCUT2D eigenvalue weighted by molar-refractivity contribution is 0.215. The highest BCUT2D eigenvalue weighted by molar-refractivity contribution is 4.87. The first-order valence-electron chi connectivity index (χ1n) is 7.34. The molecule has 2 unspecified atom stereocenters. The third-order valence-electron chi connectivity index (χ3n) is 4.53. The Morgan fingerprint density at radius 1 is 1.18 bits per heavy atom. The van der Waals surface area contributed by atoms with Gasteiger partial charge in [-0.05, 0) is 51.9 Å². The molecule has 2 heterocycles. The second kappa shape index (κ2) is 6.17. The van der Waals surface area contributed by atoms with Gasteiger partial charge in [0.15, 0.2) is 0 Å². The Kier molecular flexibility index (Phi) is 4.83. The zero-order valence-corrected chi connectivity index (χ0v) is 11.8. The molecule has 3 nitrogen and oxygen atoms in total. The molecule has 0 radical (unpaired) electrons. The summed E-state index contributed by atoms with van der Waals surface area (Å²) in [4.78, 5) is 5.37. The normalized spacial score (nSPS) is 29.3. The summed E-state index contributed by atoms with van der Waals surface area (Å²) in [6.45, 7) is 11.1. The second-order valence-corrected chi connectivity index (χ2v) is 6.08. The van der Waals surface area contributed by atoms with E-state index in [-0.39, 0.29) is 0 Å². The van der Waals surface area contributed by atoms with Gasteiger partial charge >= 0.3 is 0 Å². The molecule has 2 saturated heterocycles. The molecule has 2 rings (SSSR count). The van der Waals surface area contributed by atoms with Crippen molar-refractivity contribution in [3.63, 3.8) is 0 Å². The topological polar surface area (TPSA) is 18.5 Å². The van der Waals surface area contributed by atoms with Crippen molar-refractivity contribution >= 4 is 0 Å². The van der Waals surface area contributed by atoms with Crippen LogP contribution in [0.25, 0.3) is 0 Å². The molecule has 0 saturated carbocycles. The van der Waals surface area contributed by atoms with Gasteiger partial charge < -0.3 is 10.2 Å². The summed E-state index contributed by atoms with van der Waals surface area (Å²) in [5, 5.41) is 3.46. The second-order valence-electron chi connectivity index (χ2n) is 6.08. The molecule has 2 atom stereocenters. The van der Waals surface area contributed by atoms with Crippen molar-refractivity contribution in [2.75, 3.05) is 39.8 Å². The molecule has 0 aromatic rings. The fourth-order valence-corrected chi connectivity index (χ4v) is 3.30. The van der Waals surface area contributed by atoms with E-state index in [1.165, 1.54) is 52.0 Å². The average Bonchev–Trinajstić information content (AvgIpc) is 2.95. The van der Waals surface area contributed by atoms with Crippen LogP contribution < -0.4 is 5.32 Å². The number of nitrogens with zero attached hydrogens (tertiary/aromatic N) is 2. The molecule has 0 bridgehead atoms. The van der Waals surface area contributed by atoms with Crippen LogP contribution in [-0.2, 0) is 0 Å². The third kappa shape index (κ3) is 3.43. The van der Waals surface area contributed by atoms with Crippen molar-refractivity contribution in [1.82, 2.24) is 15.1 Å². The van der Waals surface area contributed by atoms with Gasteiger partial charge in [0.25, 0.3) is 0 Å². The Bertz CT molecular complexity index is 224. The molecule has 1 N–H and O–H groups in total. The van der Waals surface area contributed by atoms with Crippen LogP contribution in [0.1, 0.15) is 33.1 Å². The number of likely N-dealkylation sites (N-methyl/N-ethyl adjacent to an activating group) is 1. The summed E-state index contributed by atoms with van der Waals surface area (Å²) in [6, 6.07) is 1.49. The Labute approximate surface area is 107 Å². The highest BCUT2D eigenvalue weighted by Gasteiger charge is 2.30. The molecule has 0 spiro atoms. The number of nitrogens with one attached hydrogen (secondary N) is 1. The fourth-order valence-electron chi connectivity index (χ4n) is 3.30. The molecule has 100 valence electrons. The third-order valence-corrected chi connectivity index (χ3v) is 4.53. The Hall–Kier alpha value is -0.120. The smallest absolute Gasteiger partial charge is 0.0235 e. The van der Waals surface area contributed by atoms with Crippen molar-refractivity contribution < 1.29 is 0 Å². The summed E-state index contributed by atoms with van der Waals surface area (Å²) < 4.78 is 0. The van der Waals surface area contributed by atoms with Gasteiger partial charge in [0.1, 0.15) is 0 Å². The minimum atomic E-state index is 0.646. The van der Waals surface area contributed by atoms with E-state index in [0.29, 0.717) is 6.04 Å². The molecular formula is C14H29N3. The lowest BCUT2D eigenvalue weighted by atomic mass is 10.0. The molecule has 2 aliphatic rings. The van der Waals surface area contributed by atoms with Gasteiger partial charge in [-0.2, -0.15) is 0 Å². The van der Waals surface area contributed by atoms with Crippen LogP contribution in [-0.4, -0.2) is 61.7 Å². The van der Waals surface area contributed by atoms with Gasteiger partial charge in [-0.3, -0.25) is 4.90 Å². The van der Waals surface area contributed by atoms with E-state index in [4.69, 9.17) is 0 Å². The summed E-state index contributed by atoms with van der Waals surface area (Å²) >= 11 is 0. The molecule has 2 fully saturated rings. The first-order chi connectivity index (χ1) is 8.20. The summed E-state index contributed by atoms with van der Waals surface area (Å²) in [5.41, 5.74) is 0. The van der Waals surface area contributed by atoms with Crippen molar-refractivity contribution in [3.05, 3.63) is 0 Å². The van der Waals surface area contributed by atoms with E-state index in [9.17, 15) is 0 Å². The van der Waals surface area contributed by atoms with Crippen molar-refractivity contribution in [2.45, 2.75) is 45.2 Å². The van der Waals surface area contributed by atoms with Gasteiger partial charge in [-0.15, -0.1) is 0 Å². The zero-order chi connectivity index (χ0) is 12.3. The largest absolute Gasteiger partial charge is 0.315 e. The van der Waals surface area contributed by atoms with Crippen LogP contribution in [0.15, 0.2) is 0 Å². The number of hydrogen-bond donors (Lipinski definition) is 1. The van der Waals surface area contributed by atoms with Gasteiger partial charge in [0.2, 0.25) is 0 Å². The van der Waals surface area contributed by atoms with E-state index in [2.05, 4.69) is 36.0 Å². The first kappa shape index (κ1) is 13.3. The highest BCUT2D eigenvalue weighted by atomic mass is 15.3. The van der Waals surface area contributed by atoms with E-state index in [1.807, 2.05) is 0 Å². The fraction of sp³-hybridized carbons (Fsp3) is 1.00. The number of likely N-dealkylation sites (tertiary alicyclic amines) is 2. The van der Waals surface area contributed by atoms with Gasteiger partial charge in [-0.1, -0.05) is 13.8 Å². The predicted molar refractivity (Wildman–Crippen MR) is 73.3 cm³/mol. The maximum atomic E-state index is 3.46. The van der Waals surface area contributed by atoms with Gasteiger partial charge in [0, 0.05) is 25.2 Å². The van der Waals surface area contributed by atoms with Crippen molar-refractivity contribution in [2.24, 2.45) is 5.92 Å². The molecule has 0 aromatic heterocycles. The maximum Gasteiger partial charge on any atom is 0.0235 e. The van der Waals surface area contributed by atoms with Crippen molar-refractivity contribution in [3.8, 4) is 0 Å². The number of hydrogen-bond acceptors (Lipinski definition) is 3. The Morgan fingerprint density at radius 3 is 2.47 bits per heavy atom. The maximum absolute atomic E-state index is 3.46. The molecule has 0 amide bonds. The van der Waals surface area contributed by atoms with Crippen molar-refractivity contribution in [1.29, 1.82) is 0 Å². The molecule has 3 heteroatoms. The standard InChI is InChI=1S/C14H29N3/c1-12(2)14(15-3)11-16-9-6-13(10-16)17-7-4-5-8-17/h12-15H,4-11H2,1-3H3. The van der Waals surface area contributed by atoms with E-state index in [0.717, 1.165) is 12.0 Å². The number of rotatable bonds is 5. The summed E-state index contributed by atoms with van der Waals surface area (Å²) in [5.74, 6) is 0.728. The monoisotopic (exact) mass is 239 g/mol. The van der Waals surface area contributed by atoms with E-state index in [1.54, 1.807) is 0 Å². The van der Waals surface area contributed by atoms with Crippen LogP contribution in [0.2, 0.25) is 0 Å². The Balaban J connectivity index is 1.77. The molecule has 0 aliphatic carbocycles. The van der Waals surface area contributed by atoms with E-state index >= 15 is 0 Å². The summed E-state index contributed by atoms with van der Waals surface area (Å²) in [7, 11) is 2.10. The average molecular weight is 239 g/mol. The van der Waals surface area contributed by atoms with Gasteiger partial charge in [0.05, 0.1) is 0 Å². The summed E-state index contributed by atoms with van der Waals surface area (Å²) in [6.07, 6.45) is 4.22. The molecule has 0 aromatic carbocycles. The van der Waals surface area contributed by atoms with Crippen LogP contribution in [0.5, 0.6) is 0 Å². The van der Waals surface area contributed by atoms with Crippen LogP contribution in [0.4, 0.5) is 0 Å². The lowest BCUT2D eigenvalue weighted by Crippen LogP contribution is -2.43. The SMILES string of the molecule is CNC(CN1CCC(N2CCCC2)C1)C(C)C. The molecule has 17 heavy (non-hydrogen) atoms. The van der Waals surface area contributed by atoms with Gasteiger partial charge in [-0.25, -0.2) is 0 Å². The van der Waals surface area contributed by atoms with Crippen LogP contribution in [0, 0.1) is 5.92 Å². The minimum absolute atomic E-state index is 0.646. The molecule has 2 aliphatic heterocycles. The quantitative estimate of drug-likeness (QED) is 0.782. The lowest BCUT2D eigenvalue weighted by Gasteiger charge is -2.28. The minimum Gasteiger partial charge on any atom is -0.315 e. The van der Waals surface area contributed by atoms with Crippen LogP contribution >= 0.6 is 0 Å². The highest BCUT2D eigenvalue weighted by Crippen LogP contribution is 2.21. The Morgan fingerprint density at radius 2 is 1.88 bits per heavy atom. The zero-order valence-electron chi connectivity index (χ0n) is 11.8.